The van der Waals surface area contributed by atoms with Crippen LogP contribution in [0.2, 0.25) is 0 Å². The van der Waals surface area contributed by atoms with Crippen LogP contribution in [-0.2, 0) is 4.79 Å². The van der Waals surface area contributed by atoms with E-state index in [0.717, 1.165) is 0 Å². The molecule has 0 saturated carbocycles. The van der Waals surface area contributed by atoms with E-state index in [1.165, 1.54) is 0 Å². The summed E-state index contributed by atoms with van der Waals surface area (Å²) in [5.41, 5.74) is 0.681. The van der Waals surface area contributed by atoms with Crippen LogP contribution >= 0.6 is 0 Å². The van der Waals surface area contributed by atoms with Gasteiger partial charge >= 0.3 is 5.97 Å². The number of carboxylic acids is 1. The molecule has 0 spiro atoms. The molecule has 0 fully saturated rings. The third-order valence-corrected chi connectivity index (χ3v) is 2.19. The van der Waals surface area contributed by atoms with Crippen molar-refractivity contribution < 1.29 is 19.0 Å². The molecule has 4 heteroatoms. The van der Waals surface area contributed by atoms with Gasteiger partial charge in [0.05, 0.1) is 20.2 Å². The van der Waals surface area contributed by atoms with Crippen LogP contribution in [0.1, 0.15) is 17.9 Å². The molecule has 1 unspecified atom stereocenters. The van der Waals surface area contributed by atoms with Crippen LogP contribution in [0.25, 0.3) is 0 Å². The fourth-order valence-electron chi connectivity index (χ4n) is 1.35. The lowest BCUT2D eigenvalue weighted by Gasteiger charge is -2.11. The number of methoxy groups -OCH3 is 1. The summed E-state index contributed by atoms with van der Waals surface area (Å²) >= 11 is 0. The highest BCUT2D eigenvalue weighted by Crippen LogP contribution is 2.22. The zero-order valence-electron chi connectivity index (χ0n) is 8.44. The molecule has 0 bridgehead atoms. The van der Waals surface area contributed by atoms with Crippen molar-refractivity contribution >= 4 is 5.97 Å². The number of hydrogen-bond donors (Lipinski definition) is 1. The molecule has 0 saturated heterocycles. The van der Waals surface area contributed by atoms with E-state index in [1.54, 1.807) is 31.4 Å². The Morgan fingerprint density at radius 1 is 1.47 bits per heavy atom. The van der Waals surface area contributed by atoms with Crippen molar-refractivity contribution in [1.82, 2.24) is 0 Å². The van der Waals surface area contributed by atoms with Gasteiger partial charge in [-0.3, -0.25) is 9.18 Å². The van der Waals surface area contributed by atoms with Crippen LogP contribution in [0.5, 0.6) is 5.75 Å². The average Bonchev–Trinajstić information content (AvgIpc) is 2.26. The summed E-state index contributed by atoms with van der Waals surface area (Å²) < 4.78 is 17.5. The minimum atomic E-state index is -0.992. The standard InChI is InChI=1S/C11H13FO3/c1-15-10-4-2-8(3-5-10)9(7-12)6-11(13)14/h2-5,9H,6-7H2,1H3,(H,13,14). The van der Waals surface area contributed by atoms with Crippen LogP contribution in [0, 0.1) is 0 Å². The first-order chi connectivity index (χ1) is 7.17. The molecule has 15 heavy (non-hydrogen) atoms. The summed E-state index contributed by atoms with van der Waals surface area (Å²) in [7, 11) is 1.54. The summed E-state index contributed by atoms with van der Waals surface area (Å²) in [5.74, 6) is -0.895. The summed E-state index contributed by atoms with van der Waals surface area (Å²) in [4.78, 5) is 10.5. The van der Waals surface area contributed by atoms with Crippen molar-refractivity contribution in [3.63, 3.8) is 0 Å². The van der Waals surface area contributed by atoms with Crippen LogP contribution in [0.15, 0.2) is 24.3 Å². The molecule has 1 N–H and O–H groups in total. The maximum atomic E-state index is 12.6. The predicted molar refractivity (Wildman–Crippen MR) is 54.0 cm³/mol. The Balaban J connectivity index is 2.78. The molecule has 0 aliphatic rings. The number of halogens is 1. The molecule has 0 amide bonds. The minimum absolute atomic E-state index is 0.192. The van der Waals surface area contributed by atoms with Gasteiger partial charge in [0.25, 0.3) is 0 Å². The molecule has 0 aromatic heterocycles. The lowest BCUT2D eigenvalue weighted by molar-refractivity contribution is -0.137. The van der Waals surface area contributed by atoms with Gasteiger partial charge in [-0.05, 0) is 17.7 Å². The fraction of sp³-hybridized carbons (Fsp3) is 0.364. The van der Waals surface area contributed by atoms with E-state index in [0.29, 0.717) is 11.3 Å². The Morgan fingerprint density at radius 3 is 2.47 bits per heavy atom. The first kappa shape index (κ1) is 11.5. The van der Waals surface area contributed by atoms with E-state index in [-0.39, 0.29) is 6.42 Å². The number of carboxylic acid groups (broad SMARTS) is 1. The highest BCUT2D eigenvalue weighted by Gasteiger charge is 2.15. The van der Waals surface area contributed by atoms with Gasteiger partial charge < -0.3 is 9.84 Å². The lowest BCUT2D eigenvalue weighted by Crippen LogP contribution is -2.08. The van der Waals surface area contributed by atoms with Gasteiger partial charge in [-0.25, -0.2) is 0 Å². The van der Waals surface area contributed by atoms with Crippen molar-refractivity contribution in [1.29, 1.82) is 0 Å². The maximum absolute atomic E-state index is 12.6. The number of alkyl halides is 1. The summed E-state index contributed by atoms with van der Waals surface area (Å²) in [6, 6.07) is 6.76. The van der Waals surface area contributed by atoms with E-state index in [2.05, 4.69) is 0 Å². The molecular formula is C11H13FO3. The SMILES string of the molecule is COc1ccc(C(CF)CC(=O)O)cc1. The van der Waals surface area contributed by atoms with Crippen LogP contribution in [0.3, 0.4) is 0 Å². The molecule has 1 rings (SSSR count). The van der Waals surface area contributed by atoms with Crippen LogP contribution < -0.4 is 4.74 Å². The van der Waals surface area contributed by atoms with Gasteiger partial charge in [-0.1, -0.05) is 12.1 Å². The highest BCUT2D eigenvalue weighted by atomic mass is 19.1. The number of carbonyl (C=O) groups is 1. The molecule has 1 aromatic rings. The minimum Gasteiger partial charge on any atom is -0.497 e. The zero-order valence-corrected chi connectivity index (χ0v) is 8.44. The molecule has 1 aromatic carbocycles. The Labute approximate surface area is 87.5 Å². The van der Waals surface area contributed by atoms with Crippen molar-refractivity contribution in [3.8, 4) is 5.75 Å². The van der Waals surface area contributed by atoms with Crippen LogP contribution in [-0.4, -0.2) is 24.9 Å². The Bertz CT molecular complexity index is 321. The normalized spacial score (nSPS) is 12.1. The number of aliphatic carboxylic acids is 1. The van der Waals surface area contributed by atoms with E-state index >= 15 is 0 Å². The fourth-order valence-corrected chi connectivity index (χ4v) is 1.35. The number of ether oxygens (including phenoxy) is 1. The largest absolute Gasteiger partial charge is 0.497 e. The topological polar surface area (TPSA) is 46.5 Å². The van der Waals surface area contributed by atoms with Crippen molar-refractivity contribution in [2.24, 2.45) is 0 Å². The van der Waals surface area contributed by atoms with Crippen molar-refractivity contribution in [2.45, 2.75) is 12.3 Å². The van der Waals surface area contributed by atoms with Crippen molar-refractivity contribution in [2.75, 3.05) is 13.8 Å². The van der Waals surface area contributed by atoms with E-state index < -0.39 is 18.6 Å². The first-order valence-corrected chi connectivity index (χ1v) is 4.59. The molecule has 0 radical (unpaired) electrons. The second-order valence-electron chi connectivity index (χ2n) is 3.22. The summed E-state index contributed by atoms with van der Waals surface area (Å²) in [6.07, 6.45) is -0.192. The van der Waals surface area contributed by atoms with E-state index in [4.69, 9.17) is 9.84 Å². The Morgan fingerprint density at radius 2 is 2.07 bits per heavy atom. The second-order valence-corrected chi connectivity index (χ2v) is 3.22. The summed E-state index contributed by atoms with van der Waals surface area (Å²) in [6.45, 7) is -0.668. The van der Waals surface area contributed by atoms with Crippen LogP contribution in [0.4, 0.5) is 4.39 Å². The Kier molecular flexibility index (Phi) is 4.09. The molecular weight excluding hydrogens is 199 g/mol. The monoisotopic (exact) mass is 212 g/mol. The van der Waals surface area contributed by atoms with Gasteiger partial charge in [0.2, 0.25) is 0 Å². The molecule has 1 atom stereocenters. The van der Waals surface area contributed by atoms with Gasteiger partial charge in [-0.15, -0.1) is 0 Å². The maximum Gasteiger partial charge on any atom is 0.304 e. The average molecular weight is 212 g/mol. The number of hydrogen-bond acceptors (Lipinski definition) is 2. The molecule has 0 aliphatic heterocycles. The van der Waals surface area contributed by atoms with E-state index in [1.807, 2.05) is 0 Å². The van der Waals surface area contributed by atoms with E-state index in [9.17, 15) is 9.18 Å². The smallest absolute Gasteiger partial charge is 0.304 e. The zero-order chi connectivity index (χ0) is 11.3. The van der Waals surface area contributed by atoms with Crippen molar-refractivity contribution in [3.05, 3.63) is 29.8 Å². The molecule has 0 heterocycles. The lowest BCUT2D eigenvalue weighted by atomic mass is 9.97. The molecule has 0 aliphatic carbocycles. The molecule has 3 nitrogen and oxygen atoms in total. The Hall–Kier alpha value is -1.58. The van der Waals surface area contributed by atoms with Gasteiger partial charge in [-0.2, -0.15) is 0 Å². The molecule has 82 valence electrons. The third-order valence-electron chi connectivity index (χ3n) is 2.19. The predicted octanol–water partition coefficient (Wildman–Crippen LogP) is 2.22. The number of benzene rings is 1. The second kappa shape index (κ2) is 5.34. The quantitative estimate of drug-likeness (QED) is 0.814. The van der Waals surface area contributed by atoms with Gasteiger partial charge in [0.15, 0.2) is 0 Å². The summed E-state index contributed by atoms with van der Waals surface area (Å²) in [5, 5.41) is 8.59. The third kappa shape index (κ3) is 3.23. The first-order valence-electron chi connectivity index (χ1n) is 4.59. The highest BCUT2D eigenvalue weighted by molar-refractivity contribution is 5.68. The number of rotatable bonds is 5. The van der Waals surface area contributed by atoms with Gasteiger partial charge in [0, 0.05) is 5.92 Å². The van der Waals surface area contributed by atoms with Gasteiger partial charge in [0.1, 0.15) is 5.75 Å².